The van der Waals surface area contributed by atoms with Crippen molar-refractivity contribution < 1.29 is 9.21 Å². The molecular formula is C13H17N5O2. The standard InChI is InChI=1S/C13H17N5O2/c1-8-7-11(10(3)20-8)9(2)16-13(19)18-17-12-14-5-4-6-15-12/h4-7,9H,1-3H3,(H,14,15,17)(H2,16,18,19). The second-order valence-corrected chi connectivity index (χ2v) is 4.39. The van der Waals surface area contributed by atoms with Crippen molar-refractivity contribution in [2.24, 2.45) is 0 Å². The lowest BCUT2D eigenvalue weighted by atomic mass is 10.1. The molecule has 1 unspecified atom stereocenters. The van der Waals surface area contributed by atoms with Gasteiger partial charge in [0.05, 0.1) is 6.04 Å². The van der Waals surface area contributed by atoms with Gasteiger partial charge in [-0.15, -0.1) is 0 Å². The van der Waals surface area contributed by atoms with Gasteiger partial charge in [-0.2, -0.15) is 0 Å². The van der Waals surface area contributed by atoms with Crippen LogP contribution in [0.3, 0.4) is 0 Å². The Hall–Kier alpha value is -2.57. The predicted octanol–water partition coefficient (Wildman–Crippen LogP) is 2.07. The van der Waals surface area contributed by atoms with Crippen molar-refractivity contribution in [3.63, 3.8) is 0 Å². The number of aryl methyl sites for hydroxylation is 2. The molecule has 1 atom stereocenters. The number of anilines is 1. The molecule has 2 amide bonds. The van der Waals surface area contributed by atoms with Gasteiger partial charge in [0.15, 0.2) is 0 Å². The van der Waals surface area contributed by atoms with Crippen LogP contribution in [0.25, 0.3) is 0 Å². The van der Waals surface area contributed by atoms with E-state index in [0.717, 1.165) is 17.1 Å². The summed E-state index contributed by atoms with van der Waals surface area (Å²) in [6, 6.07) is 3.07. The maximum atomic E-state index is 11.7. The van der Waals surface area contributed by atoms with Gasteiger partial charge in [0, 0.05) is 18.0 Å². The van der Waals surface area contributed by atoms with Gasteiger partial charge in [-0.25, -0.2) is 20.2 Å². The molecule has 7 heteroatoms. The molecule has 2 heterocycles. The smallest absolute Gasteiger partial charge is 0.333 e. The van der Waals surface area contributed by atoms with E-state index in [4.69, 9.17) is 4.42 Å². The van der Waals surface area contributed by atoms with Gasteiger partial charge < -0.3 is 9.73 Å². The van der Waals surface area contributed by atoms with Crippen LogP contribution in [0.4, 0.5) is 10.7 Å². The van der Waals surface area contributed by atoms with Crippen LogP contribution >= 0.6 is 0 Å². The highest BCUT2D eigenvalue weighted by Crippen LogP contribution is 2.20. The Bertz CT molecular complexity index is 582. The van der Waals surface area contributed by atoms with E-state index < -0.39 is 0 Å². The van der Waals surface area contributed by atoms with Crippen molar-refractivity contribution in [1.82, 2.24) is 20.7 Å². The molecule has 106 valence electrons. The van der Waals surface area contributed by atoms with Crippen LogP contribution < -0.4 is 16.2 Å². The molecular weight excluding hydrogens is 258 g/mol. The zero-order valence-corrected chi connectivity index (χ0v) is 11.6. The zero-order chi connectivity index (χ0) is 14.5. The van der Waals surface area contributed by atoms with Crippen LogP contribution in [0, 0.1) is 13.8 Å². The van der Waals surface area contributed by atoms with E-state index >= 15 is 0 Å². The van der Waals surface area contributed by atoms with Crippen molar-refractivity contribution in [2.45, 2.75) is 26.8 Å². The summed E-state index contributed by atoms with van der Waals surface area (Å²) >= 11 is 0. The summed E-state index contributed by atoms with van der Waals surface area (Å²) in [6.45, 7) is 5.63. The summed E-state index contributed by atoms with van der Waals surface area (Å²) in [5.41, 5.74) is 6.04. The van der Waals surface area contributed by atoms with Gasteiger partial charge in [0.25, 0.3) is 0 Å². The molecule has 0 aliphatic carbocycles. The Labute approximate surface area is 116 Å². The van der Waals surface area contributed by atoms with E-state index in [1.54, 1.807) is 18.5 Å². The third-order valence-corrected chi connectivity index (χ3v) is 2.75. The molecule has 0 saturated carbocycles. The molecule has 0 saturated heterocycles. The molecule has 20 heavy (non-hydrogen) atoms. The Morgan fingerprint density at radius 1 is 1.30 bits per heavy atom. The van der Waals surface area contributed by atoms with E-state index in [2.05, 4.69) is 26.1 Å². The topological polar surface area (TPSA) is 92.1 Å². The molecule has 0 aliphatic heterocycles. The SMILES string of the molecule is Cc1cc(C(C)NC(=O)NNc2ncccn2)c(C)o1. The van der Waals surface area contributed by atoms with Gasteiger partial charge in [-0.1, -0.05) is 0 Å². The first-order chi connectivity index (χ1) is 9.56. The number of nitrogens with zero attached hydrogens (tertiary/aromatic N) is 2. The molecule has 2 rings (SSSR count). The highest BCUT2D eigenvalue weighted by Gasteiger charge is 2.14. The zero-order valence-electron chi connectivity index (χ0n) is 11.6. The monoisotopic (exact) mass is 275 g/mol. The van der Waals surface area contributed by atoms with E-state index in [1.165, 1.54) is 0 Å². The molecule has 0 bridgehead atoms. The van der Waals surface area contributed by atoms with E-state index in [9.17, 15) is 4.79 Å². The second kappa shape index (κ2) is 6.05. The number of nitrogens with one attached hydrogen (secondary N) is 3. The number of urea groups is 1. The Kier molecular flexibility index (Phi) is 4.19. The number of hydrogen-bond donors (Lipinski definition) is 3. The molecule has 0 aliphatic rings. The van der Waals surface area contributed by atoms with Gasteiger partial charge in [-0.3, -0.25) is 5.43 Å². The Morgan fingerprint density at radius 3 is 2.60 bits per heavy atom. The highest BCUT2D eigenvalue weighted by atomic mass is 16.3. The summed E-state index contributed by atoms with van der Waals surface area (Å²) in [7, 11) is 0. The summed E-state index contributed by atoms with van der Waals surface area (Å²) in [4.78, 5) is 19.6. The molecule has 0 spiro atoms. The van der Waals surface area contributed by atoms with E-state index in [1.807, 2.05) is 26.8 Å². The number of carbonyl (C=O) groups is 1. The molecule has 2 aromatic heterocycles. The van der Waals surface area contributed by atoms with Crippen LogP contribution in [-0.4, -0.2) is 16.0 Å². The highest BCUT2D eigenvalue weighted by molar-refractivity contribution is 5.75. The molecule has 2 aromatic rings. The lowest BCUT2D eigenvalue weighted by Gasteiger charge is -2.14. The number of hydrazine groups is 1. The fraction of sp³-hybridized carbons (Fsp3) is 0.308. The van der Waals surface area contributed by atoms with Crippen molar-refractivity contribution >= 4 is 12.0 Å². The first kappa shape index (κ1) is 13.9. The third-order valence-electron chi connectivity index (χ3n) is 2.75. The molecule has 0 aromatic carbocycles. The fourth-order valence-corrected chi connectivity index (χ4v) is 1.87. The summed E-state index contributed by atoms with van der Waals surface area (Å²) in [5, 5.41) is 2.79. The first-order valence-electron chi connectivity index (χ1n) is 6.22. The van der Waals surface area contributed by atoms with Crippen LogP contribution in [0.15, 0.2) is 28.9 Å². The number of aromatic nitrogens is 2. The average molecular weight is 275 g/mol. The predicted molar refractivity (Wildman–Crippen MR) is 73.9 cm³/mol. The molecule has 0 radical (unpaired) electrons. The quantitative estimate of drug-likeness (QED) is 0.743. The first-order valence-corrected chi connectivity index (χ1v) is 6.22. The Balaban J connectivity index is 1.87. The Morgan fingerprint density at radius 2 is 2.00 bits per heavy atom. The van der Waals surface area contributed by atoms with Gasteiger partial charge in [-0.05, 0) is 32.9 Å². The van der Waals surface area contributed by atoms with Crippen molar-refractivity contribution in [1.29, 1.82) is 0 Å². The summed E-state index contributed by atoms with van der Waals surface area (Å²) in [5.74, 6) is 1.95. The van der Waals surface area contributed by atoms with Crippen molar-refractivity contribution in [2.75, 3.05) is 5.43 Å². The number of rotatable bonds is 4. The maximum absolute atomic E-state index is 11.7. The van der Waals surface area contributed by atoms with Crippen LogP contribution in [0.5, 0.6) is 0 Å². The number of hydrogen-bond acceptors (Lipinski definition) is 5. The number of furan rings is 1. The largest absolute Gasteiger partial charge is 0.466 e. The molecule has 7 nitrogen and oxygen atoms in total. The third kappa shape index (κ3) is 3.47. The maximum Gasteiger partial charge on any atom is 0.333 e. The van der Waals surface area contributed by atoms with Crippen LogP contribution in [0.2, 0.25) is 0 Å². The van der Waals surface area contributed by atoms with Crippen molar-refractivity contribution in [3.05, 3.63) is 41.6 Å². The van der Waals surface area contributed by atoms with Gasteiger partial charge in [0.2, 0.25) is 5.95 Å². The van der Waals surface area contributed by atoms with E-state index in [0.29, 0.717) is 5.95 Å². The number of carbonyl (C=O) groups excluding carboxylic acids is 1. The summed E-state index contributed by atoms with van der Waals surface area (Å²) < 4.78 is 5.44. The minimum absolute atomic E-state index is 0.161. The van der Waals surface area contributed by atoms with Gasteiger partial charge >= 0.3 is 6.03 Å². The lowest BCUT2D eigenvalue weighted by molar-refractivity contribution is 0.239. The van der Waals surface area contributed by atoms with Crippen molar-refractivity contribution in [3.8, 4) is 0 Å². The summed E-state index contributed by atoms with van der Waals surface area (Å²) in [6.07, 6.45) is 3.16. The second-order valence-electron chi connectivity index (χ2n) is 4.39. The van der Waals surface area contributed by atoms with Gasteiger partial charge in [0.1, 0.15) is 11.5 Å². The molecule has 0 fully saturated rings. The minimum atomic E-state index is -0.372. The molecule has 3 N–H and O–H groups in total. The normalized spacial score (nSPS) is 11.8. The van der Waals surface area contributed by atoms with Crippen LogP contribution in [0.1, 0.15) is 30.0 Å². The van der Waals surface area contributed by atoms with Crippen LogP contribution in [-0.2, 0) is 0 Å². The minimum Gasteiger partial charge on any atom is -0.466 e. The van der Waals surface area contributed by atoms with E-state index in [-0.39, 0.29) is 12.1 Å². The number of amides is 2. The fourth-order valence-electron chi connectivity index (χ4n) is 1.87. The lowest BCUT2D eigenvalue weighted by Crippen LogP contribution is -2.40. The average Bonchev–Trinajstić information content (AvgIpc) is 2.77.